The Bertz CT molecular complexity index is 1030. The smallest absolute Gasteiger partial charge is 0.337 e. The van der Waals surface area contributed by atoms with Crippen molar-refractivity contribution < 1.29 is 14.3 Å². The molecule has 1 aliphatic rings. The molecule has 6 heteroatoms. The number of fused-ring (bicyclic) bond motifs is 1. The number of rotatable bonds is 6. The molecule has 0 spiro atoms. The van der Waals surface area contributed by atoms with Crippen LogP contribution in [0.2, 0.25) is 0 Å². The van der Waals surface area contributed by atoms with E-state index in [9.17, 15) is 9.59 Å². The number of benzene rings is 2. The van der Waals surface area contributed by atoms with Crippen LogP contribution in [0.1, 0.15) is 39.1 Å². The Hall–Kier alpha value is -2.86. The fraction of sp³-hybridized carbons (Fsp3) is 0.227. The van der Waals surface area contributed by atoms with Crippen molar-refractivity contribution in [2.75, 3.05) is 7.11 Å². The van der Waals surface area contributed by atoms with E-state index in [-0.39, 0.29) is 11.9 Å². The standard InChI is InChI=1S/C22H20N2O3S/c1-27-22(26)15-8-6-14(7-9-15)13-28-20-12-18(21(25)23-16-10-11-16)17-4-2-3-5-19(17)24-20/h2-9,12,16H,10-11,13H2,1H3,(H,23,25). The Labute approximate surface area is 167 Å². The zero-order valence-corrected chi connectivity index (χ0v) is 16.3. The Kier molecular flexibility index (Phi) is 5.30. The Morgan fingerprint density at radius 3 is 2.61 bits per heavy atom. The monoisotopic (exact) mass is 392 g/mol. The van der Waals surface area contributed by atoms with Crippen molar-refractivity contribution in [3.8, 4) is 0 Å². The third kappa shape index (κ3) is 4.17. The summed E-state index contributed by atoms with van der Waals surface area (Å²) in [4.78, 5) is 28.9. The van der Waals surface area contributed by atoms with Crippen LogP contribution in [0, 0.1) is 0 Å². The molecule has 1 amide bonds. The van der Waals surface area contributed by atoms with Crippen LogP contribution in [0.15, 0.2) is 59.6 Å². The SMILES string of the molecule is COC(=O)c1ccc(CSc2cc(C(=O)NC3CC3)c3ccccc3n2)cc1. The van der Waals surface area contributed by atoms with Crippen molar-refractivity contribution in [1.82, 2.24) is 10.3 Å². The molecule has 1 aromatic heterocycles. The van der Waals surface area contributed by atoms with Crippen molar-refractivity contribution in [3.63, 3.8) is 0 Å². The average Bonchev–Trinajstić information content (AvgIpc) is 3.55. The molecule has 4 rings (SSSR count). The number of carbonyl (C=O) groups is 2. The van der Waals surface area contributed by atoms with Crippen LogP contribution in [-0.2, 0) is 10.5 Å². The first-order valence-electron chi connectivity index (χ1n) is 9.15. The molecule has 3 aromatic rings. The zero-order valence-electron chi connectivity index (χ0n) is 15.5. The minimum absolute atomic E-state index is 0.0367. The van der Waals surface area contributed by atoms with E-state index in [1.54, 1.807) is 23.9 Å². The van der Waals surface area contributed by atoms with E-state index in [1.807, 2.05) is 42.5 Å². The predicted molar refractivity (Wildman–Crippen MR) is 110 cm³/mol. The van der Waals surface area contributed by atoms with Gasteiger partial charge in [-0.1, -0.05) is 30.3 Å². The molecule has 0 radical (unpaired) electrons. The molecule has 0 atom stereocenters. The molecule has 0 unspecified atom stereocenters. The number of para-hydroxylation sites is 1. The molecule has 1 aliphatic carbocycles. The number of thioether (sulfide) groups is 1. The Morgan fingerprint density at radius 1 is 1.14 bits per heavy atom. The van der Waals surface area contributed by atoms with Gasteiger partial charge in [0.1, 0.15) is 0 Å². The van der Waals surface area contributed by atoms with Gasteiger partial charge in [0, 0.05) is 17.2 Å². The van der Waals surface area contributed by atoms with Crippen LogP contribution in [0.25, 0.3) is 10.9 Å². The second-order valence-electron chi connectivity index (χ2n) is 6.75. The number of nitrogens with one attached hydrogen (secondary N) is 1. The first-order valence-corrected chi connectivity index (χ1v) is 10.1. The second-order valence-corrected chi connectivity index (χ2v) is 7.75. The summed E-state index contributed by atoms with van der Waals surface area (Å²) in [7, 11) is 1.37. The number of amides is 1. The maximum Gasteiger partial charge on any atom is 0.337 e. The van der Waals surface area contributed by atoms with Gasteiger partial charge < -0.3 is 10.1 Å². The second kappa shape index (κ2) is 8.02. The fourth-order valence-corrected chi connectivity index (χ4v) is 3.79. The third-order valence-electron chi connectivity index (χ3n) is 4.61. The van der Waals surface area contributed by atoms with Crippen LogP contribution < -0.4 is 5.32 Å². The minimum Gasteiger partial charge on any atom is -0.465 e. The summed E-state index contributed by atoms with van der Waals surface area (Å²) in [6.45, 7) is 0. The highest BCUT2D eigenvalue weighted by molar-refractivity contribution is 7.98. The van der Waals surface area contributed by atoms with Gasteiger partial charge in [-0.05, 0) is 42.7 Å². The zero-order chi connectivity index (χ0) is 19.5. The van der Waals surface area contributed by atoms with Gasteiger partial charge in [0.25, 0.3) is 5.91 Å². The molecule has 5 nitrogen and oxygen atoms in total. The number of hydrogen-bond donors (Lipinski definition) is 1. The van der Waals surface area contributed by atoms with E-state index in [0.29, 0.717) is 22.9 Å². The van der Waals surface area contributed by atoms with E-state index < -0.39 is 0 Å². The lowest BCUT2D eigenvalue weighted by atomic mass is 10.1. The molecule has 1 N–H and O–H groups in total. The lowest BCUT2D eigenvalue weighted by molar-refractivity contribution is 0.0600. The van der Waals surface area contributed by atoms with E-state index in [0.717, 1.165) is 34.3 Å². The molecule has 2 aromatic carbocycles. The van der Waals surface area contributed by atoms with E-state index >= 15 is 0 Å². The largest absolute Gasteiger partial charge is 0.465 e. The van der Waals surface area contributed by atoms with Gasteiger partial charge in [0.15, 0.2) is 0 Å². The number of hydrogen-bond acceptors (Lipinski definition) is 5. The van der Waals surface area contributed by atoms with Crippen molar-refractivity contribution in [1.29, 1.82) is 0 Å². The highest BCUT2D eigenvalue weighted by Crippen LogP contribution is 2.28. The average molecular weight is 392 g/mol. The summed E-state index contributed by atoms with van der Waals surface area (Å²) in [5.41, 5.74) is 3.08. The van der Waals surface area contributed by atoms with Gasteiger partial charge in [0.2, 0.25) is 0 Å². The van der Waals surface area contributed by atoms with Gasteiger partial charge >= 0.3 is 5.97 Å². The van der Waals surface area contributed by atoms with Gasteiger partial charge in [0.05, 0.1) is 28.8 Å². The predicted octanol–water partition coefficient (Wildman–Crippen LogP) is 4.21. The molecule has 0 aliphatic heterocycles. The summed E-state index contributed by atoms with van der Waals surface area (Å²) in [5, 5.41) is 4.74. The van der Waals surface area contributed by atoms with Crippen molar-refractivity contribution in [2.24, 2.45) is 0 Å². The van der Waals surface area contributed by atoms with Crippen LogP contribution in [0.5, 0.6) is 0 Å². The number of aromatic nitrogens is 1. The van der Waals surface area contributed by atoms with Gasteiger partial charge in [-0.15, -0.1) is 11.8 Å². The number of ether oxygens (including phenoxy) is 1. The first-order chi connectivity index (χ1) is 13.6. The Morgan fingerprint density at radius 2 is 1.89 bits per heavy atom. The van der Waals surface area contributed by atoms with E-state index in [1.165, 1.54) is 7.11 Å². The normalized spacial score (nSPS) is 13.3. The molecular formula is C22H20N2O3S. The highest BCUT2D eigenvalue weighted by Gasteiger charge is 2.25. The van der Waals surface area contributed by atoms with Gasteiger partial charge in [-0.25, -0.2) is 9.78 Å². The number of esters is 1. The Balaban J connectivity index is 1.54. The summed E-state index contributed by atoms with van der Waals surface area (Å²) in [6, 6.07) is 17.2. The van der Waals surface area contributed by atoms with Crippen LogP contribution in [-0.4, -0.2) is 30.0 Å². The maximum atomic E-state index is 12.7. The van der Waals surface area contributed by atoms with Crippen molar-refractivity contribution in [3.05, 3.63) is 71.3 Å². The number of carbonyl (C=O) groups excluding carboxylic acids is 2. The number of pyridine rings is 1. The van der Waals surface area contributed by atoms with E-state index in [2.05, 4.69) is 5.32 Å². The van der Waals surface area contributed by atoms with Crippen LogP contribution >= 0.6 is 11.8 Å². The summed E-state index contributed by atoms with van der Waals surface area (Å²) in [5.74, 6) is 0.309. The highest BCUT2D eigenvalue weighted by atomic mass is 32.2. The third-order valence-corrected chi connectivity index (χ3v) is 5.59. The van der Waals surface area contributed by atoms with Crippen LogP contribution in [0.4, 0.5) is 0 Å². The summed E-state index contributed by atoms with van der Waals surface area (Å²) >= 11 is 1.57. The minimum atomic E-state index is -0.346. The summed E-state index contributed by atoms with van der Waals surface area (Å²) < 4.78 is 4.72. The first kappa shape index (κ1) is 18.5. The number of methoxy groups -OCH3 is 1. The molecule has 1 saturated carbocycles. The molecule has 0 saturated heterocycles. The molecule has 1 heterocycles. The maximum absolute atomic E-state index is 12.7. The molecule has 1 fully saturated rings. The molecule has 0 bridgehead atoms. The summed E-state index contributed by atoms with van der Waals surface area (Å²) in [6.07, 6.45) is 2.11. The van der Waals surface area contributed by atoms with Crippen LogP contribution in [0.3, 0.4) is 0 Å². The van der Waals surface area contributed by atoms with Crippen molar-refractivity contribution >= 4 is 34.5 Å². The molecule has 142 valence electrons. The van der Waals surface area contributed by atoms with E-state index in [4.69, 9.17) is 9.72 Å². The lowest BCUT2D eigenvalue weighted by Crippen LogP contribution is -2.25. The molecule has 28 heavy (non-hydrogen) atoms. The number of nitrogens with zero attached hydrogens (tertiary/aromatic N) is 1. The van der Waals surface area contributed by atoms with Gasteiger partial charge in [-0.3, -0.25) is 4.79 Å². The molecular weight excluding hydrogens is 372 g/mol. The topological polar surface area (TPSA) is 68.3 Å². The van der Waals surface area contributed by atoms with Gasteiger partial charge in [-0.2, -0.15) is 0 Å². The quantitative estimate of drug-likeness (QED) is 0.503. The van der Waals surface area contributed by atoms with Crippen molar-refractivity contribution in [2.45, 2.75) is 29.7 Å². The lowest BCUT2D eigenvalue weighted by Gasteiger charge is -2.10. The fourth-order valence-electron chi connectivity index (χ4n) is 2.92.